The Morgan fingerprint density at radius 3 is 2.74 bits per heavy atom. The average molecular weight is 422 g/mol. The van der Waals surface area contributed by atoms with Crippen molar-refractivity contribution in [1.82, 2.24) is 29.7 Å². The molecule has 3 aromatic rings. The minimum atomic E-state index is -0.308. The van der Waals surface area contributed by atoms with Crippen molar-refractivity contribution in [3.63, 3.8) is 0 Å². The largest absolute Gasteiger partial charge is 0.487 e. The third kappa shape index (κ3) is 3.93. The molecule has 2 aliphatic rings. The van der Waals surface area contributed by atoms with Gasteiger partial charge in [0.1, 0.15) is 23.7 Å². The van der Waals surface area contributed by atoms with E-state index >= 15 is 0 Å². The van der Waals surface area contributed by atoms with Gasteiger partial charge in [-0.2, -0.15) is 5.10 Å². The maximum atomic E-state index is 12.8. The second kappa shape index (κ2) is 8.14. The molecule has 0 aliphatic carbocycles. The molecule has 0 bridgehead atoms. The third-order valence-electron chi connectivity index (χ3n) is 6.14. The minimum Gasteiger partial charge on any atom is -0.487 e. The van der Waals surface area contributed by atoms with Gasteiger partial charge in [-0.1, -0.05) is 23.4 Å². The van der Waals surface area contributed by atoms with E-state index in [9.17, 15) is 4.79 Å². The van der Waals surface area contributed by atoms with Gasteiger partial charge >= 0.3 is 0 Å². The lowest BCUT2D eigenvalue weighted by Gasteiger charge is -2.43. The maximum Gasteiger partial charge on any atom is 0.274 e. The summed E-state index contributed by atoms with van der Waals surface area (Å²) in [7, 11) is 0. The number of likely N-dealkylation sites (tertiary alicyclic amines) is 1. The molecule has 1 saturated heterocycles. The van der Waals surface area contributed by atoms with E-state index in [-0.39, 0.29) is 11.5 Å². The lowest BCUT2D eigenvalue weighted by molar-refractivity contribution is -0.120. The summed E-state index contributed by atoms with van der Waals surface area (Å²) in [6.45, 7) is 5.51. The van der Waals surface area contributed by atoms with E-state index < -0.39 is 0 Å². The fraction of sp³-hybridized carbons (Fsp3) is 0.455. The van der Waals surface area contributed by atoms with Crippen LogP contribution in [0.3, 0.4) is 0 Å². The predicted molar refractivity (Wildman–Crippen MR) is 111 cm³/mol. The monoisotopic (exact) mass is 422 g/mol. The van der Waals surface area contributed by atoms with Crippen molar-refractivity contribution in [2.24, 2.45) is 0 Å². The van der Waals surface area contributed by atoms with Gasteiger partial charge in [0.2, 0.25) is 0 Å². The van der Waals surface area contributed by atoms with E-state index in [4.69, 9.17) is 9.47 Å². The Morgan fingerprint density at radius 2 is 2.00 bits per heavy atom. The molecule has 0 saturated carbocycles. The molecule has 2 aliphatic heterocycles. The number of amides is 1. The Morgan fingerprint density at radius 1 is 1.19 bits per heavy atom. The van der Waals surface area contributed by atoms with Gasteiger partial charge in [0, 0.05) is 25.8 Å². The molecule has 9 nitrogen and oxygen atoms in total. The fourth-order valence-electron chi connectivity index (χ4n) is 4.21. The van der Waals surface area contributed by atoms with Crippen LogP contribution in [0.25, 0.3) is 0 Å². The van der Waals surface area contributed by atoms with Gasteiger partial charge in [-0.3, -0.25) is 9.48 Å². The Labute approximate surface area is 180 Å². The summed E-state index contributed by atoms with van der Waals surface area (Å²) in [6, 6.07) is 11.5. The molecule has 1 amide bonds. The van der Waals surface area contributed by atoms with Crippen LogP contribution in [-0.4, -0.2) is 54.3 Å². The number of hydrogen-bond donors (Lipinski definition) is 0. The number of rotatable bonds is 5. The number of nitrogens with zero attached hydrogens (tertiary/aromatic N) is 6. The van der Waals surface area contributed by atoms with E-state index in [1.54, 1.807) is 10.7 Å². The van der Waals surface area contributed by atoms with Gasteiger partial charge in [-0.15, -0.1) is 5.10 Å². The minimum absolute atomic E-state index is 0.0142. The Kier molecular flexibility index (Phi) is 5.19. The predicted octanol–water partition coefficient (Wildman–Crippen LogP) is 2.28. The summed E-state index contributed by atoms with van der Waals surface area (Å²) in [5, 5.41) is 13.0. The van der Waals surface area contributed by atoms with E-state index in [2.05, 4.69) is 15.4 Å². The van der Waals surface area contributed by atoms with Crippen molar-refractivity contribution in [1.29, 1.82) is 0 Å². The number of carbonyl (C=O) groups is 1. The summed E-state index contributed by atoms with van der Waals surface area (Å²) in [5.41, 5.74) is 1.96. The third-order valence-corrected chi connectivity index (χ3v) is 6.14. The highest BCUT2D eigenvalue weighted by Gasteiger charge is 2.41. The van der Waals surface area contributed by atoms with E-state index in [1.807, 2.05) is 53.0 Å². The van der Waals surface area contributed by atoms with Crippen molar-refractivity contribution >= 4 is 5.91 Å². The molecule has 0 radical (unpaired) electrons. The number of piperidine rings is 1. The van der Waals surface area contributed by atoms with Crippen LogP contribution in [-0.2, 0) is 31.0 Å². The summed E-state index contributed by atoms with van der Waals surface area (Å²) in [4.78, 5) is 14.6. The molecule has 162 valence electrons. The molecule has 1 spiro atoms. The number of para-hydroxylation sites is 1. The molecule has 2 aromatic heterocycles. The maximum absolute atomic E-state index is 12.8. The van der Waals surface area contributed by atoms with Crippen LogP contribution in [0.5, 0.6) is 5.75 Å². The van der Waals surface area contributed by atoms with Crippen molar-refractivity contribution in [2.75, 3.05) is 13.1 Å². The van der Waals surface area contributed by atoms with E-state index in [0.717, 1.165) is 36.5 Å². The summed E-state index contributed by atoms with van der Waals surface area (Å²) >= 11 is 0. The highest BCUT2D eigenvalue weighted by atomic mass is 16.5. The number of aromatic nitrogens is 5. The standard InChI is InChI=1S/C22H26N6O3/c1-2-27-11-8-18(24-27)21(29)26-12-9-22(10-13-26)16-28-20(15-31-22)19(23-25-28)14-30-17-6-4-3-5-7-17/h3-8,11H,2,9-10,12-16H2,1H3. The lowest BCUT2D eigenvalue weighted by Crippen LogP contribution is -2.52. The molecule has 31 heavy (non-hydrogen) atoms. The van der Waals surface area contributed by atoms with Crippen LogP contribution >= 0.6 is 0 Å². The first kappa shape index (κ1) is 19.7. The number of fused-ring (bicyclic) bond motifs is 1. The second-order valence-electron chi connectivity index (χ2n) is 8.06. The molecule has 0 N–H and O–H groups in total. The molecule has 9 heteroatoms. The SMILES string of the molecule is CCn1ccc(C(=O)N2CCC3(CC2)Cn2nnc(COc4ccccc4)c2CO3)n1. The van der Waals surface area contributed by atoms with E-state index in [1.165, 1.54) is 0 Å². The van der Waals surface area contributed by atoms with Gasteiger partial charge in [0.25, 0.3) is 5.91 Å². The van der Waals surface area contributed by atoms with Crippen molar-refractivity contribution in [3.8, 4) is 5.75 Å². The van der Waals surface area contributed by atoms with Crippen molar-refractivity contribution in [3.05, 3.63) is 59.7 Å². The Bertz CT molecular complexity index is 1050. The summed E-state index contributed by atoms with van der Waals surface area (Å²) in [5.74, 6) is 0.790. The molecule has 1 fully saturated rings. The van der Waals surface area contributed by atoms with Crippen LogP contribution in [0.2, 0.25) is 0 Å². The molecular weight excluding hydrogens is 396 g/mol. The zero-order valence-corrected chi connectivity index (χ0v) is 17.6. The smallest absolute Gasteiger partial charge is 0.274 e. The first-order chi connectivity index (χ1) is 15.2. The van der Waals surface area contributed by atoms with Gasteiger partial charge < -0.3 is 14.4 Å². The van der Waals surface area contributed by atoms with Gasteiger partial charge in [-0.05, 0) is 38.0 Å². The summed E-state index contributed by atoms with van der Waals surface area (Å²) < 4.78 is 15.9. The molecular formula is C22H26N6O3. The molecule has 4 heterocycles. The van der Waals surface area contributed by atoms with Crippen molar-refractivity contribution < 1.29 is 14.3 Å². The number of aryl methyl sites for hydroxylation is 1. The van der Waals surface area contributed by atoms with Gasteiger partial charge in [0.15, 0.2) is 0 Å². The van der Waals surface area contributed by atoms with Crippen LogP contribution in [0, 0.1) is 0 Å². The molecule has 0 atom stereocenters. The number of hydrogen-bond acceptors (Lipinski definition) is 6. The zero-order valence-electron chi connectivity index (χ0n) is 17.6. The number of carbonyl (C=O) groups excluding carboxylic acids is 1. The van der Waals surface area contributed by atoms with Crippen LogP contribution in [0.1, 0.15) is 41.6 Å². The normalized spacial score (nSPS) is 17.5. The molecule has 0 unspecified atom stereocenters. The molecule has 1 aromatic carbocycles. The quantitative estimate of drug-likeness (QED) is 0.627. The number of benzene rings is 1. The first-order valence-corrected chi connectivity index (χ1v) is 10.7. The molecule has 5 rings (SSSR count). The van der Waals surface area contributed by atoms with Crippen LogP contribution in [0.4, 0.5) is 0 Å². The zero-order chi connectivity index (χ0) is 21.3. The van der Waals surface area contributed by atoms with Gasteiger partial charge in [0.05, 0.1) is 24.4 Å². The highest BCUT2D eigenvalue weighted by molar-refractivity contribution is 5.92. The lowest BCUT2D eigenvalue weighted by atomic mass is 9.89. The van der Waals surface area contributed by atoms with Crippen molar-refractivity contribution in [2.45, 2.75) is 51.7 Å². The Balaban J connectivity index is 1.20. The van der Waals surface area contributed by atoms with E-state index in [0.29, 0.717) is 38.5 Å². The second-order valence-corrected chi connectivity index (χ2v) is 8.06. The Hall–Kier alpha value is -3.20. The summed E-state index contributed by atoms with van der Waals surface area (Å²) in [6.07, 6.45) is 3.37. The fourth-order valence-corrected chi connectivity index (χ4v) is 4.21. The van der Waals surface area contributed by atoms with Crippen LogP contribution in [0.15, 0.2) is 42.6 Å². The highest BCUT2D eigenvalue weighted by Crippen LogP contribution is 2.34. The topological polar surface area (TPSA) is 87.3 Å². The van der Waals surface area contributed by atoms with Crippen LogP contribution < -0.4 is 4.74 Å². The van der Waals surface area contributed by atoms with Gasteiger partial charge in [-0.25, -0.2) is 4.68 Å². The average Bonchev–Trinajstić information content (AvgIpc) is 3.45. The number of ether oxygens (including phenoxy) is 2. The first-order valence-electron chi connectivity index (χ1n) is 10.7.